The molecular weight excluding hydrogens is 317 g/mol. The molecule has 0 aliphatic heterocycles. The van der Waals surface area contributed by atoms with Crippen molar-refractivity contribution in [1.29, 1.82) is 0 Å². The number of rotatable bonds is 5. The Balaban J connectivity index is 2.71. The van der Waals surface area contributed by atoms with Gasteiger partial charge in [-0.05, 0) is 25.1 Å². The van der Waals surface area contributed by atoms with Crippen LogP contribution in [0.1, 0.15) is 17.3 Å². The first kappa shape index (κ1) is 15.4. The molecule has 1 amide bonds. The van der Waals surface area contributed by atoms with Gasteiger partial charge in [0.15, 0.2) is 6.10 Å². The summed E-state index contributed by atoms with van der Waals surface area (Å²) < 4.78 is 18.9. The zero-order valence-electron chi connectivity index (χ0n) is 10.3. The third-order valence-corrected chi connectivity index (χ3v) is 2.72. The van der Waals surface area contributed by atoms with Crippen LogP contribution in [0.3, 0.4) is 0 Å². The third-order valence-electron chi connectivity index (χ3n) is 2.22. The molecule has 1 rings (SSSR count). The lowest BCUT2D eigenvalue weighted by Crippen LogP contribution is -2.36. The Morgan fingerprint density at radius 3 is 2.89 bits per heavy atom. The summed E-state index contributed by atoms with van der Waals surface area (Å²) in [5.41, 5.74) is -0.224. The molecule has 0 saturated heterocycles. The minimum absolute atomic E-state index is 0.224. The van der Waals surface area contributed by atoms with Gasteiger partial charge in [0.25, 0.3) is 5.91 Å². The molecule has 0 unspecified atom stereocenters. The summed E-state index contributed by atoms with van der Waals surface area (Å²) in [4.78, 5) is 23.2. The summed E-state index contributed by atoms with van der Waals surface area (Å²) in [5.74, 6) is -2.06. The van der Waals surface area contributed by atoms with Gasteiger partial charge >= 0.3 is 5.97 Å². The van der Waals surface area contributed by atoms with Crippen molar-refractivity contribution in [2.45, 2.75) is 13.0 Å². The van der Waals surface area contributed by atoms with Gasteiger partial charge in [-0.3, -0.25) is 4.79 Å². The smallest absolute Gasteiger partial charge is 0.341 e. The summed E-state index contributed by atoms with van der Waals surface area (Å²) in [6.07, 6.45) is 0.492. The largest absolute Gasteiger partial charge is 0.449 e. The number of amides is 1. The molecule has 0 saturated carbocycles. The second kappa shape index (κ2) is 7.04. The van der Waals surface area contributed by atoms with Gasteiger partial charge in [-0.1, -0.05) is 22.0 Å². The maximum absolute atomic E-state index is 13.4. The molecule has 1 N–H and O–H groups in total. The fraction of sp³-hybridized carbons (Fsp3) is 0.231. The van der Waals surface area contributed by atoms with E-state index >= 15 is 0 Å². The van der Waals surface area contributed by atoms with Crippen molar-refractivity contribution >= 4 is 27.8 Å². The zero-order chi connectivity index (χ0) is 14.4. The summed E-state index contributed by atoms with van der Waals surface area (Å²) in [5, 5.41) is 2.48. The van der Waals surface area contributed by atoms with E-state index in [2.05, 4.69) is 27.8 Å². The van der Waals surface area contributed by atoms with Crippen LogP contribution in [0.15, 0.2) is 35.3 Å². The van der Waals surface area contributed by atoms with Gasteiger partial charge in [0, 0.05) is 11.0 Å². The van der Waals surface area contributed by atoms with Crippen LogP contribution in [0.4, 0.5) is 4.39 Å². The number of carbonyl (C=O) groups is 2. The second-order valence-corrected chi connectivity index (χ2v) is 4.62. The maximum atomic E-state index is 13.4. The van der Waals surface area contributed by atoms with Crippen LogP contribution in [0.2, 0.25) is 0 Å². The predicted molar refractivity (Wildman–Crippen MR) is 72.2 cm³/mol. The van der Waals surface area contributed by atoms with Crippen molar-refractivity contribution in [3.05, 3.63) is 46.7 Å². The molecule has 0 fully saturated rings. The monoisotopic (exact) mass is 329 g/mol. The number of esters is 1. The van der Waals surface area contributed by atoms with Crippen molar-refractivity contribution in [2.75, 3.05) is 6.54 Å². The molecule has 0 aliphatic carbocycles. The number of ether oxygens (including phenoxy) is 1. The highest BCUT2D eigenvalue weighted by Gasteiger charge is 2.20. The molecule has 0 spiro atoms. The van der Waals surface area contributed by atoms with E-state index in [-0.39, 0.29) is 12.1 Å². The van der Waals surface area contributed by atoms with Crippen molar-refractivity contribution in [2.24, 2.45) is 0 Å². The predicted octanol–water partition coefficient (Wildman–Crippen LogP) is 2.44. The molecule has 19 heavy (non-hydrogen) atoms. The number of carbonyl (C=O) groups excluding carboxylic acids is 2. The van der Waals surface area contributed by atoms with Crippen LogP contribution in [-0.2, 0) is 9.53 Å². The highest BCUT2D eigenvalue weighted by molar-refractivity contribution is 9.10. The molecule has 0 heterocycles. The minimum Gasteiger partial charge on any atom is -0.449 e. The van der Waals surface area contributed by atoms with Crippen LogP contribution < -0.4 is 5.32 Å². The standard InChI is InChI=1S/C13H13BrFNO3/c1-3-6-16-12(17)8(2)19-13(18)10-7-9(14)4-5-11(10)15/h3-5,7-8H,1,6H2,2H3,(H,16,17)/t8-/m1/s1. The van der Waals surface area contributed by atoms with Gasteiger partial charge in [0.05, 0.1) is 5.56 Å². The van der Waals surface area contributed by atoms with E-state index in [0.717, 1.165) is 6.07 Å². The van der Waals surface area contributed by atoms with Crippen molar-refractivity contribution < 1.29 is 18.7 Å². The lowest BCUT2D eigenvalue weighted by Gasteiger charge is -2.13. The zero-order valence-corrected chi connectivity index (χ0v) is 11.9. The first-order valence-corrected chi connectivity index (χ1v) is 6.29. The lowest BCUT2D eigenvalue weighted by molar-refractivity contribution is -0.128. The molecule has 1 aromatic rings. The summed E-state index contributed by atoms with van der Waals surface area (Å²) >= 11 is 3.13. The highest BCUT2D eigenvalue weighted by atomic mass is 79.9. The van der Waals surface area contributed by atoms with Gasteiger partial charge in [0.2, 0.25) is 0 Å². The molecule has 1 atom stereocenters. The summed E-state index contributed by atoms with van der Waals surface area (Å²) in [6, 6.07) is 3.90. The number of hydrogen-bond donors (Lipinski definition) is 1. The fourth-order valence-electron chi connectivity index (χ4n) is 1.25. The van der Waals surface area contributed by atoms with Crippen molar-refractivity contribution in [3.63, 3.8) is 0 Å². The fourth-order valence-corrected chi connectivity index (χ4v) is 1.61. The second-order valence-electron chi connectivity index (χ2n) is 3.71. The van der Waals surface area contributed by atoms with E-state index in [1.54, 1.807) is 0 Å². The molecule has 6 heteroatoms. The SMILES string of the molecule is C=CCNC(=O)[C@@H](C)OC(=O)c1cc(Br)ccc1F. The van der Waals surface area contributed by atoms with E-state index in [1.807, 2.05) is 0 Å². The normalized spacial score (nSPS) is 11.5. The summed E-state index contributed by atoms with van der Waals surface area (Å²) in [6.45, 7) is 5.12. The number of benzene rings is 1. The molecule has 102 valence electrons. The van der Waals surface area contributed by atoms with Gasteiger partial charge < -0.3 is 10.1 Å². The van der Waals surface area contributed by atoms with Crippen molar-refractivity contribution in [3.8, 4) is 0 Å². The Hall–Kier alpha value is -1.69. The molecule has 0 aromatic heterocycles. The van der Waals surface area contributed by atoms with Gasteiger partial charge in [-0.2, -0.15) is 0 Å². The van der Waals surface area contributed by atoms with Crippen LogP contribution in [0.5, 0.6) is 0 Å². The molecule has 0 aliphatic rings. The van der Waals surface area contributed by atoms with Crippen LogP contribution in [-0.4, -0.2) is 24.5 Å². The average Bonchev–Trinajstić information content (AvgIpc) is 2.38. The van der Waals surface area contributed by atoms with Gasteiger partial charge in [0.1, 0.15) is 5.82 Å². The molecular formula is C13H13BrFNO3. The minimum atomic E-state index is -1.01. The maximum Gasteiger partial charge on any atom is 0.341 e. The Morgan fingerprint density at radius 1 is 1.58 bits per heavy atom. The summed E-state index contributed by atoms with van der Waals surface area (Å²) in [7, 11) is 0. The molecule has 1 aromatic carbocycles. The van der Waals surface area contributed by atoms with Gasteiger partial charge in [-0.25, -0.2) is 9.18 Å². The first-order valence-electron chi connectivity index (χ1n) is 5.50. The number of halogens is 2. The Kier molecular flexibility index (Phi) is 5.69. The van der Waals surface area contributed by atoms with Gasteiger partial charge in [-0.15, -0.1) is 6.58 Å². The number of hydrogen-bond acceptors (Lipinski definition) is 3. The quantitative estimate of drug-likeness (QED) is 0.666. The Morgan fingerprint density at radius 2 is 2.26 bits per heavy atom. The average molecular weight is 330 g/mol. The highest BCUT2D eigenvalue weighted by Crippen LogP contribution is 2.17. The van der Waals surface area contributed by atoms with E-state index in [1.165, 1.54) is 25.1 Å². The van der Waals surface area contributed by atoms with Crippen molar-refractivity contribution in [1.82, 2.24) is 5.32 Å². The van der Waals surface area contributed by atoms with E-state index in [9.17, 15) is 14.0 Å². The molecule has 4 nitrogen and oxygen atoms in total. The van der Waals surface area contributed by atoms with Crippen LogP contribution in [0.25, 0.3) is 0 Å². The topological polar surface area (TPSA) is 55.4 Å². The van der Waals surface area contributed by atoms with E-state index < -0.39 is 23.8 Å². The first-order chi connectivity index (χ1) is 8.95. The molecule has 0 radical (unpaired) electrons. The molecule has 0 bridgehead atoms. The van der Waals surface area contributed by atoms with Crippen LogP contribution in [0, 0.1) is 5.82 Å². The Labute approximate surface area is 118 Å². The number of nitrogens with one attached hydrogen (secondary N) is 1. The third kappa shape index (κ3) is 4.48. The van der Waals surface area contributed by atoms with E-state index in [0.29, 0.717) is 4.47 Å². The lowest BCUT2D eigenvalue weighted by atomic mass is 10.2. The van der Waals surface area contributed by atoms with E-state index in [4.69, 9.17) is 4.74 Å². The Bertz CT molecular complexity index is 505. The van der Waals surface area contributed by atoms with Crippen LogP contribution >= 0.6 is 15.9 Å².